The van der Waals surface area contributed by atoms with Crippen LogP contribution in [0, 0.1) is 0 Å². The van der Waals surface area contributed by atoms with Crippen LogP contribution in [0.3, 0.4) is 0 Å². The fraction of sp³-hybridized carbons (Fsp3) is 0.158. The molecule has 9 heteroatoms. The van der Waals surface area contributed by atoms with E-state index in [4.69, 9.17) is 0 Å². The van der Waals surface area contributed by atoms with Gasteiger partial charge in [0.2, 0.25) is 5.91 Å². The van der Waals surface area contributed by atoms with E-state index in [1.807, 2.05) is 30.3 Å². The van der Waals surface area contributed by atoms with E-state index in [0.29, 0.717) is 28.5 Å². The summed E-state index contributed by atoms with van der Waals surface area (Å²) in [5, 5.41) is 8.92. The Morgan fingerprint density at radius 2 is 1.86 bits per heavy atom. The highest BCUT2D eigenvalue weighted by Crippen LogP contribution is 2.24. The van der Waals surface area contributed by atoms with Gasteiger partial charge in [0, 0.05) is 11.8 Å². The minimum absolute atomic E-state index is 0.158. The lowest BCUT2D eigenvalue weighted by molar-refractivity contribution is -0.116. The number of methoxy groups -OCH3 is 1. The van der Waals surface area contributed by atoms with Gasteiger partial charge in [-0.05, 0) is 23.4 Å². The van der Waals surface area contributed by atoms with Crippen LogP contribution in [0.1, 0.15) is 32.1 Å². The molecule has 7 nitrogen and oxygen atoms in total. The van der Waals surface area contributed by atoms with E-state index in [1.54, 1.807) is 16.8 Å². The molecule has 0 saturated carbocycles. The molecule has 0 atom stereocenters. The van der Waals surface area contributed by atoms with Crippen LogP contribution >= 0.6 is 22.7 Å². The monoisotopic (exact) mass is 415 g/mol. The number of nitrogens with zero attached hydrogens (tertiary/aromatic N) is 1. The Labute approximate surface area is 169 Å². The normalized spacial score (nSPS) is 10.3. The van der Waals surface area contributed by atoms with Crippen molar-refractivity contribution in [2.24, 2.45) is 0 Å². The number of ether oxygens (including phenoxy) is 1. The number of nitrogens with one attached hydrogen (secondary N) is 2. The Morgan fingerprint density at radius 1 is 1.07 bits per heavy atom. The minimum Gasteiger partial charge on any atom is -0.465 e. The third-order valence-corrected chi connectivity index (χ3v) is 5.40. The maximum Gasteiger partial charge on any atom is 0.350 e. The number of carbonyl (C=O) groups is 3. The van der Waals surface area contributed by atoms with Gasteiger partial charge in [-0.25, -0.2) is 9.78 Å². The van der Waals surface area contributed by atoms with Crippen molar-refractivity contribution in [2.45, 2.75) is 12.8 Å². The number of aromatic nitrogens is 1. The highest BCUT2D eigenvalue weighted by Gasteiger charge is 2.18. The molecule has 1 aromatic carbocycles. The van der Waals surface area contributed by atoms with Crippen molar-refractivity contribution in [3.63, 3.8) is 0 Å². The molecule has 0 aliphatic heterocycles. The van der Waals surface area contributed by atoms with E-state index in [2.05, 4.69) is 20.4 Å². The number of amides is 2. The number of rotatable bonds is 7. The van der Waals surface area contributed by atoms with Crippen molar-refractivity contribution in [2.75, 3.05) is 17.7 Å². The first kappa shape index (κ1) is 19.7. The third-order valence-electron chi connectivity index (χ3n) is 3.75. The first-order valence-corrected chi connectivity index (χ1v) is 10.1. The predicted octanol–water partition coefficient (Wildman–Crippen LogP) is 3.81. The van der Waals surface area contributed by atoms with Crippen molar-refractivity contribution in [3.8, 4) is 0 Å². The summed E-state index contributed by atoms with van der Waals surface area (Å²) in [5.41, 5.74) is 1.60. The Bertz CT molecular complexity index is 982. The zero-order valence-corrected chi connectivity index (χ0v) is 16.6. The summed E-state index contributed by atoms with van der Waals surface area (Å²) in [7, 11) is 1.28. The van der Waals surface area contributed by atoms with Gasteiger partial charge in [0.05, 0.1) is 12.8 Å². The quantitative estimate of drug-likeness (QED) is 0.572. The Balaban J connectivity index is 1.56. The lowest BCUT2D eigenvalue weighted by Gasteiger charge is -2.04. The average molecular weight is 415 g/mol. The second-order valence-electron chi connectivity index (χ2n) is 5.68. The average Bonchev–Trinajstić information content (AvgIpc) is 3.36. The van der Waals surface area contributed by atoms with Gasteiger partial charge < -0.3 is 15.4 Å². The number of carbonyl (C=O) groups excluding carboxylic acids is 3. The van der Waals surface area contributed by atoms with Crippen LogP contribution < -0.4 is 10.6 Å². The highest BCUT2D eigenvalue weighted by molar-refractivity contribution is 7.14. The molecule has 0 bridgehead atoms. The Morgan fingerprint density at radius 3 is 2.61 bits per heavy atom. The maximum atomic E-state index is 12.4. The fourth-order valence-corrected chi connectivity index (χ4v) is 3.84. The largest absolute Gasteiger partial charge is 0.465 e. The first-order chi connectivity index (χ1) is 13.6. The number of esters is 1. The molecule has 0 aliphatic rings. The Hall–Kier alpha value is -3.04. The molecule has 0 saturated heterocycles. The summed E-state index contributed by atoms with van der Waals surface area (Å²) in [6, 6.07) is 11.3. The molecule has 2 N–H and O–H groups in total. The molecule has 0 fully saturated rings. The van der Waals surface area contributed by atoms with E-state index in [0.717, 1.165) is 16.9 Å². The zero-order chi connectivity index (χ0) is 19.9. The molecule has 3 aromatic rings. The topological polar surface area (TPSA) is 97.4 Å². The summed E-state index contributed by atoms with van der Waals surface area (Å²) in [6.07, 6.45) is 0.947. The number of anilines is 2. The second kappa shape index (κ2) is 9.25. The lowest BCUT2D eigenvalue weighted by atomic mass is 10.1. The number of thiazole rings is 1. The van der Waals surface area contributed by atoms with E-state index in [9.17, 15) is 14.4 Å². The molecule has 3 rings (SSSR count). The van der Waals surface area contributed by atoms with Crippen LogP contribution in [0.25, 0.3) is 0 Å². The van der Waals surface area contributed by atoms with Crippen LogP contribution in [0.2, 0.25) is 0 Å². The van der Waals surface area contributed by atoms with Crippen molar-refractivity contribution >= 4 is 51.3 Å². The van der Waals surface area contributed by atoms with Crippen LogP contribution in [0.5, 0.6) is 0 Å². The van der Waals surface area contributed by atoms with E-state index < -0.39 is 11.9 Å². The van der Waals surface area contributed by atoms with Gasteiger partial charge in [-0.2, -0.15) is 0 Å². The molecule has 144 valence electrons. The molecule has 0 radical (unpaired) electrons. The molecule has 0 aliphatic carbocycles. The van der Waals surface area contributed by atoms with Crippen molar-refractivity contribution < 1.29 is 19.1 Å². The number of aryl methyl sites for hydroxylation is 1. The zero-order valence-electron chi connectivity index (χ0n) is 14.9. The maximum absolute atomic E-state index is 12.4. The predicted molar refractivity (Wildman–Crippen MR) is 109 cm³/mol. The first-order valence-electron chi connectivity index (χ1n) is 8.33. The lowest BCUT2D eigenvalue weighted by Crippen LogP contribution is -2.15. The van der Waals surface area contributed by atoms with Gasteiger partial charge in [-0.1, -0.05) is 30.3 Å². The standard InChI is InChI=1S/C19H17N3O4S2/c1-26-18(25)16-13(9-10-27-16)20-17(24)14-11-28-19(21-14)22-15(23)8-7-12-5-3-2-4-6-12/h2-6,9-11H,7-8H2,1H3,(H,20,24)(H,21,22,23). The highest BCUT2D eigenvalue weighted by atomic mass is 32.1. The molecule has 2 amide bonds. The van der Waals surface area contributed by atoms with Gasteiger partial charge in [0.15, 0.2) is 5.13 Å². The summed E-state index contributed by atoms with van der Waals surface area (Å²) in [6.45, 7) is 0. The van der Waals surface area contributed by atoms with Crippen molar-refractivity contribution in [3.05, 3.63) is 63.3 Å². The number of hydrogen-bond acceptors (Lipinski definition) is 7. The molecule has 2 heterocycles. The second-order valence-corrected chi connectivity index (χ2v) is 7.45. The smallest absolute Gasteiger partial charge is 0.350 e. The molecular formula is C19H17N3O4S2. The molecule has 0 unspecified atom stereocenters. The SMILES string of the molecule is COC(=O)c1sccc1NC(=O)c1csc(NC(=O)CCc2ccccc2)n1. The van der Waals surface area contributed by atoms with Gasteiger partial charge >= 0.3 is 5.97 Å². The van der Waals surface area contributed by atoms with Gasteiger partial charge in [0.25, 0.3) is 5.91 Å². The fourth-order valence-electron chi connectivity index (χ4n) is 2.36. The van der Waals surface area contributed by atoms with Gasteiger partial charge in [-0.15, -0.1) is 22.7 Å². The van der Waals surface area contributed by atoms with Crippen molar-refractivity contribution in [1.82, 2.24) is 4.98 Å². The van der Waals surface area contributed by atoms with E-state index in [-0.39, 0.29) is 11.6 Å². The minimum atomic E-state index is -0.519. The summed E-state index contributed by atoms with van der Waals surface area (Å²) >= 11 is 2.34. The van der Waals surface area contributed by atoms with Crippen LogP contribution in [-0.2, 0) is 16.0 Å². The van der Waals surface area contributed by atoms with Crippen molar-refractivity contribution in [1.29, 1.82) is 0 Å². The van der Waals surface area contributed by atoms with Crippen LogP contribution in [-0.4, -0.2) is 29.9 Å². The third kappa shape index (κ3) is 5.02. The molecular weight excluding hydrogens is 398 g/mol. The number of benzene rings is 1. The molecule has 0 spiro atoms. The van der Waals surface area contributed by atoms with Gasteiger partial charge in [0.1, 0.15) is 10.6 Å². The van der Waals surface area contributed by atoms with Crippen LogP contribution in [0.4, 0.5) is 10.8 Å². The van der Waals surface area contributed by atoms with E-state index >= 15 is 0 Å². The number of thiophene rings is 1. The summed E-state index contributed by atoms with van der Waals surface area (Å²) in [4.78, 5) is 40.6. The van der Waals surface area contributed by atoms with Crippen LogP contribution in [0.15, 0.2) is 47.2 Å². The summed E-state index contributed by atoms with van der Waals surface area (Å²) in [5.74, 6) is -1.16. The van der Waals surface area contributed by atoms with Gasteiger partial charge in [-0.3, -0.25) is 9.59 Å². The Kier molecular flexibility index (Phi) is 6.51. The number of hydrogen-bond donors (Lipinski definition) is 2. The summed E-state index contributed by atoms with van der Waals surface area (Å²) < 4.78 is 4.68. The molecule has 2 aromatic heterocycles. The molecule has 28 heavy (non-hydrogen) atoms. The van der Waals surface area contributed by atoms with E-state index in [1.165, 1.54) is 18.4 Å².